The van der Waals surface area contributed by atoms with Gasteiger partial charge in [0.05, 0.1) is 18.3 Å². The fourth-order valence-electron chi connectivity index (χ4n) is 2.20. The minimum absolute atomic E-state index is 0.0108. The molecule has 102 valence electrons. The number of nitrogens with zero attached hydrogens (tertiary/aromatic N) is 4. The van der Waals surface area contributed by atoms with E-state index >= 15 is 0 Å². The van der Waals surface area contributed by atoms with Crippen molar-refractivity contribution in [3.05, 3.63) is 48.7 Å². The van der Waals surface area contributed by atoms with Crippen molar-refractivity contribution in [3.63, 3.8) is 0 Å². The average molecular weight is 270 g/mol. The van der Waals surface area contributed by atoms with Crippen molar-refractivity contribution in [1.29, 1.82) is 0 Å². The van der Waals surface area contributed by atoms with Gasteiger partial charge in [-0.05, 0) is 12.1 Å². The monoisotopic (exact) mass is 270 g/mol. The van der Waals surface area contributed by atoms with Gasteiger partial charge in [-0.2, -0.15) is 0 Å². The first kappa shape index (κ1) is 12.5. The molecule has 1 aliphatic heterocycles. The molecule has 2 aromatic heterocycles. The molecule has 0 aliphatic carbocycles. The Bertz CT molecular complexity index is 576. The highest BCUT2D eigenvalue weighted by atomic mass is 16.5. The molecule has 1 saturated heterocycles. The smallest absolute Gasteiger partial charge is 0.255 e. The van der Waals surface area contributed by atoms with Crippen LogP contribution < -0.4 is 4.74 Å². The maximum atomic E-state index is 12.2. The lowest BCUT2D eigenvalue weighted by molar-refractivity contribution is 0.0770. The van der Waals surface area contributed by atoms with Crippen molar-refractivity contribution in [2.24, 2.45) is 0 Å². The van der Waals surface area contributed by atoms with Crippen LogP contribution >= 0.6 is 0 Å². The van der Waals surface area contributed by atoms with Crippen LogP contribution in [0.1, 0.15) is 16.8 Å². The van der Waals surface area contributed by atoms with Gasteiger partial charge in [0.25, 0.3) is 5.91 Å². The zero-order valence-corrected chi connectivity index (χ0v) is 10.8. The van der Waals surface area contributed by atoms with Crippen LogP contribution in [0.4, 0.5) is 0 Å². The van der Waals surface area contributed by atoms with Gasteiger partial charge in [-0.15, -0.1) is 0 Å². The molecular formula is C14H14N4O2. The van der Waals surface area contributed by atoms with E-state index in [4.69, 9.17) is 4.74 Å². The van der Waals surface area contributed by atoms with Crippen LogP contribution in [0.15, 0.2) is 43.1 Å². The first-order chi connectivity index (χ1) is 9.83. The van der Waals surface area contributed by atoms with Gasteiger partial charge in [-0.3, -0.25) is 14.8 Å². The molecule has 0 radical (unpaired) electrons. The van der Waals surface area contributed by atoms with E-state index in [1.165, 1.54) is 0 Å². The van der Waals surface area contributed by atoms with Gasteiger partial charge in [0.15, 0.2) is 0 Å². The molecule has 0 N–H and O–H groups in total. The predicted molar refractivity (Wildman–Crippen MR) is 71.2 cm³/mol. The second-order valence-electron chi connectivity index (χ2n) is 4.57. The number of rotatable bonds is 3. The molecule has 0 saturated carbocycles. The number of ether oxygens (including phenoxy) is 1. The number of amides is 1. The van der Waals surface area contributed by atoms with Crippen LogP contribution in [-0.2, 0) is 0 Å². The molecule has 6 nitrogen and oxygen atoms in total. The van der Waals surface area contributed by atoms with E-state index in [9.17, 15) is 4.79 Å². The van der Waals surface area contributed by atoms with Gasteiger partial charge in [0.1, 0.15) is 6.10 Å². The van der Waals surface area contributed by atoms with E-state index in [1.54, 1.807) is 48.0 Å². The molecule has 0 spiro atoms. The standard InChI is InChI=1S/C14H14N4O2/c19-14(11-2-1-4-15-8-11)18-7-3-12(10-18)20-13-9-16-5-6-17-13/h1-2,4-6,8-9,12H,3,7,10H2/t12-/m0/s1. The Morgan fingerprint density at radius 3 is 2.90 bits per heavy atom. The summed E-state index contributed by atoms with van der Waals surface area (Å²) in [6.07, 6.45) is 8.75. The van der Waals surface area contributed by atoms with Gasteiger partial charge in [-0.25, -0.2) is 4.98 Å². The Kier molecular flexibility index (Phi) is 3.54. The Hall–Kier alpha value is -2.50. The van der Waals surface area contributed by atoms with Crippen LogP contribution in [0.2, 0.25) is 0 Å². The van der Waals surface area contributed by atoms with Crippen molar-refractivity contribution in [3.8, 4) is 5.88 Å². The fourth-order valence-corrected chi connectivity index (χ4v) is 2.20. The zero-order chi connectivity index (χ0) is 13.8. The van der Waals surface area contributed by atoms with Crippen LogP contribution in [0.3, 0.4) is 0 Å². The van der Waals surface area contributed by atoms with Crippen molar-refractivity contribution in [2.45, 2.75) is 12.5 Å². The molecule has 2 aromatic rings. The number of carbonyl (C=O) groups excluding carboxylic acids is 1. The Balaban J connectivity index is 1.61. The summed E-state index contributed by atoms with van der Waals surface area (Å²) in [4.78, 5) is 26.0. The quantitative estimate of drug-likeness (QED) is 0.837. The topological polar surface area (TPSA) is 68.2 Å². The van der Waals surface area contributed by atoms with E-state index in [2.05, 4.69) is 15.0 Å². The average Bonchev–Trinajstić information content (AvgIpc) is 2.97. The minimum atomic E-state index is -0.0349. The van der Waals surface area contributed by atoms with Gasteiger partial charge in [-0.1, -0.05) is 0 Å². The van der Waals surface area contributed by atoms with Gasteiger partial charge < -0.3 is 9.64 Å². The molecule has 0 aromatic carbocycles. The normalized spacial score (nSPS) is 18.0. The lowest BCUT2D eigenvalue weighted by Crippen LogP contribution is -2.31. The summed E-state index contributed by atoms with van der Waals surface area (Å²) in [6.45, 7) is 1.24. The van der Waals surface area contributed by atoms with Crippen LogP contribution in [0.5, 0.6) is 5.88 Å². The Morgan fingerprint density at radius 2 is 2.15 bits per heavy atom. The van der Waals surface area contributed by atoms with Gasteiger partial charge >= 0.3 is 0 Å². The van der Waals surface area contributed by atoms with Crippen molar-refractivity contribution >= 4 is 5.91 Å². The molecule has 1 fully saturated rings. The summed E-state index contributed by atoms with van der Waals surface area (Å²) in [7, 11) is 0. The van der Waals surface area contributed by atoms with Gasteiger partial charge in [0.2, 0.25) is 5.88 Å². The predicted octanol–water partition coefficient (Wildman–Crippen LogP) is 1.17. The second-order valence-corrected chi connectivity index (χ2v) is 4.57. The summed E-state index contributed by atoms with van der Waals surface area (Å²) in [5, 5.41) is 0. The molecule has 1 aliphatic rings. The number of pyridine rings is 1. The van der Waals surface area contributed by atoms with E-state index in [-0.39, 0.29) is 12.0 Å². The summed E-state index contributed by atoms with van der Waals surface area (Å²) < 4.78 is 5.71. The number of hydrogen-bond acceptors (Lipinski definition) is 5. The summed E-state index contributed by atoms with van der Waals surface area (Å²) in [5.74, 6) is 0.483. The maximum absolute atomic E-state index is 12.2. The van der Waals surface area contributed by atoms with Crippen molar-refractivity contribution in [2.75, 3.05) is 13.1 Å². The fraction of sp³-hybridized carbons (Fsp3) is 0.286. The lowest BCUT2D eigenvalue weighted by Gasteiger charge is -2.16. The highest BCUT2D eigenvalue weighted by molar-refractivity contribution is 5.94. The highest BCUT2D eigenvalue weighted by Gasteiger charge is 2.28. The molecule has 1 amide bonds. The maximum Gasteiger partial charge on any atom is 0.255 e. The first-order valence-electron chi connectivity index (χ1n) is 6.45. The van der Waals surface area contributed by atoms with E-state index < -0.39 is 0 Å². The number of hydrogen-bond donors (Lipinski definition) is 0. The largest absolute Gasteiger partial charge is 0.471 e. The highest BCUT2D eigenvalue weighted by Crippen LogP contribution is 2.17. The first-order valence-corrected chi connectivity index (χ1v) is 6.45. The molecule has 6 heteroatoms. The third-order valence-corrected chi connectivity index (χ3v) is 3.17. The van der Waals surface area contributed by atoms with Gasteiger partial charge in [0, 0.05) is 37.8 Å². The van der Waals surface area contributed by atoms with Crippen molar-refractivity contribution in [1.82, 2.24) is 19.9 Å². The lowest BCUT2D eigenvalue weighted by atomic mass is 10.2. The SMILES string of the molecule is O=C(c1cccnc1)N1CC[C@H](Oc2cnccn2)C1. The van der Waals surface area contributed by atoms with Crippen LogP contribution in [0.25, 0.3) is 0 Å². The van der Waals surface area contributed by atoms with Crippen molar-refractivity contribution < 1.29 is 9.53 Å². The Morgan fingerprint density at radius 1 is 1.25 bits per heavy atom. The zero-order valence-electron chi connectivity index (χ0n) is 10.8. The van der Waals surface area contributed by atoms with E-state index in [1.807, 2.05) is 0 Å². The third-order valence-electron chi connectivity index (χ3n) is 3.17. The summed E-state index contributed by atoms with van der Waals surface area (Å²) in [6, 6.07) is 3.53. The molecule has 0 bridgehead atoms. The molecule has 1 atom stereocenters. The van der Waals surface area contributed by atoms with Crippen LogP contribution in [0, 0.1) is 0 Å². The Labute approximate surface area is 116 Å². The van der Waals surface area contributed by atoms with E-state index in [0.29, 0.717) is 24.5 Å². The second kappa shape index (κ2) is 5.64. The number of likely N-dealkylation sites (tertiary alicyclic amines) is 1. The molecule has 3 heterocycles. The molecule has 3 rings (SSSR count). The summed E-state index contributed by atoms with van der Waals surface area (Å²) >= 11 is 0. The van der Waals surface area contributed by atoms with Crippen LogP contribution in [-0.4, -0.2) is 45.0 Å². The molecule has 20 heavy (non-hydrogen) atoms. The number of aromatic nitrogens is 3. The minimum Gasteiger partial charge on any atom is -0.471 e. The molecule has 0 unspecified atom stereocenters. The third kappa shape index (κ3) is 2.74. The molecular weight excluding hydrogens is 256 g/mol. The summed E-state index contributed by atoms with van der Waals surface area (Å²) in [5.41, 5.74) is 0.604. The van der Waals surface area contributed by atoms with E-state index in [0.717, 1.165) is 6.42 Å². The number of carbonyl (C=O) groups is 1.